The summed E-state index contributed by atoms with van der Waals surface area (Å²) in [6.45, 7) is -1.77. The van der Waals surface area contributed by atoms with Crippen LogP contribution < -0.4 is 4.74 Å². The van der Waals surface area contributed by atoms with Crippen molar-refractivity contribution >= 4 is 5.97 Å². The SMILES string of the molecule is Cc1cc(OC(F)F)cc(F)c1C(=O)O. The van der Waals surface area contributed by atoms with E-state index in [4.69, 9.17) is 5.11 Å². The second-order valence-electron chi connectivity index (χ2n) is 2.78. The first-order chi connectivity index (χ1) is 6.91. The lowest BCUT2D eigenvalue weighted by molar-refractivity contribution is -0.0500. The fourth-order valence-electron chi connectivity index (χ4n) is 1.15. The molecule has 0 bridgehead atoms. The molecule has 1 aromatic rings. The molecular weight excluding hydrogens is 213 g/mol. The van der Waals surface area contributed by atoms with E-state index < -0.39 is 29.7 Å². The van der Waals surface area contributed by atoms with Crippen LogP contribution in [0.1, 0.15) is 15.9 Å². The summed E-state index contributed by atoms with van der Waals surface area (Å²) in [7, 11) is 0. The van der Waals surface area contributed by atoms with Gasteiger partial charge in [0.1, 0.15) is 11.6 Å². The summed E-state index contributed by atoms with van der Waals surface area (Å²) in [5, 5.41) is 8.59. The highest BCUT2D eigenvalue weighted by molar-refractivity contribution is 5.89. The summed E-state index contributed by atoms with van der Waals surface area (Å²) in [4.78, 5) is 10.5. The van der Waals surface area contributed by atoms with Crippen LogP contribution in [0.15, 0.2) is 12.1 Å². The topological polar surface area (TPSA) is 46.5 Å². The number of carboxylic acids is 1. The van der Waals surface area contributed by atoms with E-state index in [0.717, 1.165) is 6.07 Å². The Kier molecular flexibility index (Phi) is 3.18. The number of carboxylic acid groups (broad SMARTS) is 1. The van der Waals surface area contributed by atoms with E-state index in [9.17, 15) is 18.0 Å². The van der Waals surface area contributed by atoms with Crippen molar-refractivity contribution < 1.29 is 27.8 Å². The smallest absolute Gasteiger partial charge is 0.387 e. The number of hydrogen-bond acceptors (Lipinski definition) is 2. The molecule has 0 aliphatic carbocycles. The highest BCUT2D eigenvalue weighted by atomic mass is 19.3. The van der Waals surface area contributed by atoms with Crippen molar-refractivity contribution in [2.75, 3.05) is 0 Å². The molecule has 0 amide bonds. The Labute approximate surface area is 83.1 Å². The van der Waals surface area contributed by atoms with Gasteiger partial charge in [0, 0.05) is 6.07 Å². The minimum Gasteiger partial charge on any atom is -0.478 e. The van der Waals surface area contributed by atoms with Gasteiger partial charge in [0.15, 0.2) is 0 Å². The van der Waals surface area contributed by atoms with E-state index >= 15 is 0 Å². The van der Waals surface area contributed by atoms with Crippen LogP contribution in [-0.4, -0.2) is 17.7 Å². The van der Waals surface area contributed by atoms with Crippen LogP contribution in [0.2, 0.25) is 0 Å². The van der Waals surface area contributed by atoms with Crippen molar-refractivity contribution in [2.45, 2.75) is 13.5 Å². The molecule has 0 aromatic heterocycles. The van der Waals surface area contributed by atoms with Crippen molar-refractivity contribution in [3.8, 4) is 5.75 Å². The standard InChI is InChI=1S/C9H7F3O3/c1-4-2-5(15-9(11)12)3-6(10)7(4)8(13)14/h2-3,9H,1H3,(H,13,14). The number of rotatable bonds is 3. The number of alkyl halides is 2. The molecule has 0 heterocycles. The van der Waals surface area contributed by atoms with E-state index in [1.807, 2.05) is 0 Å². The highest BCUT2D eigenvalue weighted by Gasteiger charge is 2.16. The van der Waals surface area contributed by atoms with E-state index in [2.05, 4.69) is 4.74 Å². The zero-order valence-electron chi connectivity index (χ0n) is 7.63. The quantitative estimate of drug-likeness (QED) is 0.850. The monoisotopic (exact) mass is 220 g/mol. The molecule has 0 unspecified atom stereocenters. The van der Waals surface area contributed by atoms with E-state index in [0.29, 0.717) is 6.07 Å². The Morgan fingerprint density at radius 2 is 2.07 bits per heavy atom. The summed E-state index contributed by atoms with van der Waals surface area (Å²) >= 11 is 0. The lowest BCUT2D eigenvalue weighted by Gasteiger charge is -2.08. The van der Waals surface area contributed by atoms with Crippen LogP contribution in [0.3, 0.4) is 0 Å². The van der Waals surface area contributed by atoms with Crippen molar-refractivity contribution in [1.82, 2.24) is 0 Å². The van der Waals surface area contributed by atoms with Crippen LogP contribution in [-0.2, 0) is 0 Å². The van der Waals surface area contributed by atoms with Gasteiger partial charge in [-0.25, -0.2) is 9.18 Å². The van der Waals surface area contributed by atoms with E-state index in [1.54, 1.807) is 0 Å². The van der Waals surface area contributed by atoms with Gasteiger partial charge >= 0.3 is 12.6 Å². The van der Waals surface area contributed by atoms with Crippen molar-refractivity contribution in [3.05, 3.63) is 29.1 Å². The molecular formula is C9H7F3O3. The summed E-state index contributed by atoms with van der Waals surface area (Å²) in [6.07, 6.45) is 0. The van der Waals surface area contributed by atoms with Crippen molar-refractivity contribution in [1.29, 1.82) is 0 Å². The zero-order valence-corrected chi connectivity index (χ0v) is 7.63. The second kappa shape index (κ2) is 4.20. The van der Waals surface area contributed by atoms with E-state index in [1.165, 1.54) is 6.92 Å². The van der Waals surface area contributed by atoms with Gasteiger partial charge in [0.05, 0.1) is 5.56 Å². The van der Waals surface area contributed by atoms with Gasteiger partial charge in [0.25, 0.3) is 0 Å². The van der Waals surface area contributed by atoms with Crippen LogP contribution in [0.5, 0.6) is 5.75 Å². The number of ether oxygens (including phenoxy) is 1. The largest absolute Gasteiger partial charge is 0.478 e. The predicted molar refractivity (Wildman–Crippen MR) is 44.7 cm³/mol. The summed E-state index contributed by atoms with van der Waals surface area (Å²) in [5.41, 5.74) is -0.519. The molecule has 0 aliphatic heterocycles. The molecule has 0 aliphatic rings. The van der Waals surface area contributed by atoms with Gasteiger partial charge < -0.3 is 9.84 Å². The maximum absolute atomic E-state index is 13.1. The number of halogens is 3. The third-order valence-corrected chi connectivity index (χ3v) is 1.70. The first kappa shape index (κ1) is 11.4. The molecule has 0 fully saturated rings. The number of aromatic carboxylic acids is 1. The van der Waals surface area contributed by atoms with Crippen LogP contribution in [0.4, 0.5) is 13.2 Å². The number of carbonyl (C=O) groups is 1. The number of hydrogen-bond donors (Lipinski definition) is 1. The first-order valence-electron chi connectivity index (χ1n) is 3.90. The Morgan fingerprint density at radius 1 is 1.47 bits per heavy atom. The van der Waals surface area contributed by atoms with Gasteiger partial charge in [-0.1, -0.05) is 0 Å². The number of aryl methyl sites for hydroxylation is 1. The maximum atomic E-state index is 13.1. The summed E-state index contributed by atoms with van der Waals surface area (Å²) in [6, 6.07) is 1.65. The Hall–Kier alpha value is -1.72. The van der Waals surface area contributed by atoms with Crippen LogP contribution in [0, 0.1) is 12.7 Å². The van der Waals surface area contributed by atoms with Crippen LogP contribution in [0.25, 0.3) is 0 Å². The van der Waals surface area contributed by atoms with Gasteiger partial charge in [-0.05, 0) is 18.6 Å². The van der Waals surface area contributed by atoms with Gasteiger partial charge in [-0.2, -0.15) is 8.78 Å². The molecule has 0 radical (unpaired) electrons. The molecule has 6 heteroatoms. The second-order valence-corrected chi connectivity index (χ2v) is 2.78. The molecule has 82 valence electrons. The normalized spacial score (nSPS) is 10.5. The molecule has 1 rings (SSSR count). The van der Waals surface area contributed by atoms with Crippen molar-refractivity contribution in [3.63, 3.8) is 0 Å². The van der Waals surface area contributed by atoms with E-state index in [-0.39, 0.29) is 5.56 Å². The van der Waals surface area contributed by atoms with Crippen molar-refractivity contribution in [2.24, 2.45) is 0 Å². The Bertz CT molecular complexity index is 367. The summed E-state index contributed by atoms with van der Waals surface area (Å²) in [5.74, 6) is -2.95. The molecule has 15 heavy (non-hydrogen) atoms. The molecule has 0 saturated heterocycles. The van der Waals surface area contributed by atoms with Gasteiger partial charge in [0.2, 0.25) is 0 Å². The Morgan fingerprint density at radius 3 is 2.47 bits per heavy atom. The number of benzene rings is 1. The average Bonchev–Trinajstić information content (AvgIpc) is 1.99. The lowest BCUT2D eigenvalue weighted by atomic mass is 10.1. The molecule has 0 atom stereocenters. The average molecular weight is 220 g/mol. The molecule has 0 spiro atoms. The lowest BCUT2D eigenvalue weighted by Crippen LogP contribution is -2.07. The molecule has 1 aromatic carbocycles. The molecule has 3 nitrogen and oxygen atoms in total. The fraction of sp³-hybridized carbons (Fsp3) is 0.222. The van der Waals surface area contributed by atoms with Gasteiger partial charge in [-0.3, -0.25) is 0 Å². The van der Waals surface area contributed by atoms with Gasteiger partial charge in [-0.15, -0.1) is 0 Å². The fourth-order valence-corrected chi connectivity index (χ4v) is 1.15. The Balaban J connectivity index is 3.14. The summed E-state index contributed by atoms with van der Waals surface area (Å²) < 4.78 is 40.6. The highest BCUT2D eigenvalue weighted by Crippen LogP contribution is 2.22. The van der Waals surface area contributed by atoms with Crippen LogP contribution >= 0.6 is 0 Å². The first-order valence-corrected chi connectivity index (χ1v) is 3.90. The minimum absolute atomic E-state index is 0.0261. The maximum Gasteiger partial charge on any atom is 0.387 e. The third-order valence-electron chi connectivity index (χ3n) is 1.70. The predicted octanol–water partition coefficient (Wildman–Crippen LogP) is 2.43. The third kappa shape index (κ3) is 2.61. The molecule has 1 N–H and O–H groups in total. The molecule has 0 saturated carbocycles. The zero-order chi connectivity index (χ0) is 11.6. The minimum atomic E-state index is -3.07.